The number of fused-ring (bicyclic) bond motifs is 2. The quantitative estimate of drug-likeness (QED) is 0.151. The molecule has 2 aromatic carbocycles. The van der Waals surface area contributed by atoms with Crippen LogP contribution < -0.4 is 10.6 Å². The van der Waals surface area contributed by atoms with Crippen molar-refractivity contribution in [2.45, 2.75) is 88.6 Å². The number of benzene rings is 2. The Bertz CT molecular complexity index is 1900. The molecule has 4 aromatic rings. The summed E-state index contributed by atoms with van der Waals surface area (Å²) < 4.78 is 9.48. The Morgan fingerprint density at radius 2 is 1.02 bits per heavy atom. The maximum absolute atomic E-state index is 13.5. The van der Waals surface area contributed by atoms with Crippen LogP contribution in [0.1, 0.15) is 76.1 Å². The largest absolute Gasteiger partial charge is 0.453 e. The number of ether oxygens (including phenoxy) is 2. The second kappa shape index (κ2) is 14.3. The molecular weight excluding hydrogens is 688 g/mol. The summed E-state index contributed by atoms with van der Waals surface area (Å²) in [6, 6.07) is 15.3. The maximum atomic E-state index is 13.5. The monoisotopic (exact) mass is 734 g/mol. The van der Waals surface area contributed by atoms with Crippen molar-refractivity contribution in [1.82, 2.24) is 40.4 Å². The molecule has 2 aliphatic carbocycles. The van der Waals surface area contributed by atoms with Gasteiger partial charge >= 0.3 is 12.2 Å². The van der Waals surface area contributed by atoms with Crippen molar-refractivity contribution in [1.29, 1.82) is 0 Å². The number of nitrogens with zero attached hydrogens (tertiary/aromatic N) is 4. The van der Waals surface area contributed by atoms with Crippen LogP contribution in [0.2, 0.25) is 0 Å². The SMILES string of the molecule is CC[C@H](NC(=O)OC)C(=O)N1[C@H](c2ncc(-c3ccc(-c4ccc(-c5cnc([C@@H]6C[C@@H]7C[C@@H]7N6C(=O)[C@H](CC)NC(=O)OC)[nH]5)cc4)cc3)[nH]2)C[C@@H]2C[C@@H]21. The fourth-order valence-corrected chi connectivity index (χ4v) is 8.46. The molecule has 2 aliphatic heterocycles. The second-order valence-corrected chi connectivity index (χ2v) is 14.8. The van der Waals surface area contributed by atoms with Crippen LogP contribution in [0.25, 0.3) is 33.6 Å². The highest BCUT2D eigenvalue weighted by molar-refractivity contribution is 5.87. The van der Waals surface area contributed by atoms with Crippen molar-refractivity contribution in [3.63, 3.8) is 0 Å². The molecule has 2 aromatic heterocycles. The molecule has 0 spiro atoms. The van der Waals surface area contributed by atoms with Crippen molar-refractivity contribution >= 4 is 24.0 Å². The van der Waals surface area contributed by atoms with E-state index in [4.69, 9.17) is 19.4 Å². The standard InChI is InChI=1S/C40H46N8O6/c1-5-27(45-39(51)53-3)37(49)47-31-15-25(31)17-33(47)35-41-19-29(43-35)23-11-7-21(8-12-23)22-9-13-24(14-10-22)30-20-42-36(44-30)34-18-26-16-32(26)48(34)38(50)28(6-2)46-40(52)54-4/h7-14,19-20,25-28,31-34H,5-6,15-18H2,1-4H3,(H,41,43)(H,42,44)(H,45,51)(H,46,52)/t25-,26-,27-,28-,31-,32-,33-,34-/m0/s1. The van der Waals surface area contributed by atoms with E-state index < -0.39 is 24.3 Å². The van der Waals surface area contributed by atoms with Crippen molar-refractivity contribution in [2.24, 2.45) is 11.8 Å². The van der Waals surface area contributed by atoms with Crippen molar-refractivity contribution in [2.75, 3.05) is 14.2 Å². The highest BCUT2D eigenvalue weighted by atomic mass is 16.5. The third kappa shape index (κ3) is 6.58. The predicted molar refractivity (Wildman–Crippen MR) is 198 cm³/mol. The van der Waals surface area contributed by atoms with Crippen LogP contribution in [0.3, 0.4) is 0 Å². The molecule has 8 rings (SSSR count). The van der Waals surface area contributed by atoms with Crippen LogP contribution in [-0.2, 0) is 19.1 Å². The fourth-order valence-electron chi connectivity index (χ4n) is 8.46. The van der Waals surface area contributed by atoms with E-state index in [1.165, 1.54) is 14.2 Å². The van der Waals surface area contributed by atoms with E-state index >= 15 is 0 Å². The summed E-state index contributed by atoms with van der Waals surface area (Å²) in [5.41, 5.74) is 5.86. The van der Waals surface area contributed by atoms with E-state index in [0.29, 0.717) is 24.7 Å². The van der Waals surface area contributed by atoms with Crippen molar-refractivity contribution in [3.05, 3.63) is 72.6 Å². The lowest BCUT2D eigenvalue weighted by Gasteiger charge is -2.30. The molecule has 0 unspecified atom stereocenters. The van der Waals surface area contributed by atoms with E-state index in [0.717, 1.165) is 71.0 Å². The van der Waals surface area contributed by atoms with Crippen LogP contribution in [0.5, 0.6) is 0 Å². The number of methoxy groups -OCH3 is 2. The molecular formula is C40H46N8O6. The Labute approximate surface area is 313 Å². The first-order valence-electron chi connectivity index (χ1n) is 18.9. The van der Waals surface area contributed by atoms with Crippen LogP contribution in [-0.4, -0.2) is 92.1 Å². The summed E-state index contributed by atoms with van der Waals surface area (Å²) in [4.78, 5) is 71.0. The summed E-state index contributed by atoms with van der Waals surface area (Å²) in [6.45, 7) is 3.75. The Kier molecular flexibility index (Phi) is 9.36. The van der Waals surface area contributed by atoms with E-state index in [1.807, 2.05) is 36.0 Å². The minimum atomic E-state index is -0.643. The fraction of sp³-hybridized carbons (Fsp3) is 0.450. The zero-order valence-corrected chi connectivity index (χ0v) is 30.9. The first-order valence-corrected chi connectivity index (χ1v) is 18.9. The lowest BCUT2D eigenvalue weighted by atomic mass is 10.0. The van der Waals surface area contributed by atoms with E-state index in [2.05, 4.69) is 69.1 Å². The second-order valence-electron chi connectivity index (χ2n) is 14.8. The minimum Gasteiger partial charge on any atom is -0.453 e. The number of amides is 4. The molecule has 2 saturated heterocycles. The number of carbonyl (C=O) groups excluding carboxylic acids is 4. The molecule has 282 valence electrons. The lowest BCUT2D eigenvalue weighted by molar-refractivity contribution is -0.136. The Morgan fingerprint density at radius 3 is 1.37 bits per heavy atom. The third-order valence-corrected chi connectivity index (χ3v) is 11.6. The van der Waals surface area contributed by atoms with Gasteiger partial charge in [0.25, 0.3) is 0 Å². The number of H-pyrrole nitrogens is 2. The topological polar surface area (TPSA) is 175 Å². The minimum absolute atomic E-state index is 0.0978. The molecule has 0 radical (unpaired) electrons. The van der Waals surface area contributed by atoms with Crippen molar-refractivity contribution in [3.8, 4) is 33.6 Å². The van der Waals surface area contributed by atoms with Gasteiger partial charge in [0.15, 0.2) is 0 Å². The Morgan fingerprint density at radius 1 is 0.648 bits per heavy atom. The van der Waals surface area contributed by atoms with E-state index in [-0.39, 0.29) is 36.0 Å². The van der Waals surface area contributed by atoms with E-state index in [9.17, 15) is 19.2 Å². The first-order chi connectivity index (χ1) is 26.2. The zero-order valence-electron chi connectivity index (χ0n) is 30.9. The summed E-state index contributed by atoms with van der Waals surface area (Å²) in [6.07, 6.45) is 7.03. The predicted octanol–water partition coefficient (Wildman–Crippen LogP) is 5.73. The van der Waals surface area contributed by atoms with Crippen LogP contribution in [0.4, 0.5) is 9.59 Å². The Hall–Kier alpha value is -5.66. The average Bonchev–Trinajstić information content (AvgIpc) is 3.79. The van der Waals surface area contributed by atoms with Gasteiger partial charge in [0.1, 0.15) is 23.7 Å². The van der Waals surface area contributed by atoms with Gasteiger partial charge in [0.05, 0.1) is 50.1 Å². The van der Waals surface area contributed by atoms with Gasteiger partial charge in [-0.2, -0.15) is 0 Å². The molecule has 14 heteroatoms. The van der Waals surface area contributed by atoms with Crippen LogP contribution in [0.15, 0.2) is 60.9 Å². The van der Waals surface area contributed by atoms with Gasteiger partial charge in [0, 0.05) is 12.1 Å². The first kappa shape index (κ1) is 35.4. The number of hydrogen-bond donors (Lipinski definition) is 4. The number of rotatable bonds is 11. The van der Waals surface area contributed by atoms with Gasteiger partial charge in [-0.25, -0.2) is 19.6 Å². The summed E-state index contributed by atoms with van der Waals surface area (Å²) in [5.74, 6) is 2.23. The van der Waals surface area contributed by atoms with Gasteiger partial charge in [-0.1, -0.05) is 62.4 Å². The van der Waals surface area contributed by atoms with Gasteiger partial charge < -0.3 is 39.9 Å². The molecule has 4 heterocycles. The number of imidazole rings is 2. The highest BCUT2D eigenvalue weighted by Gasteiger charge is 2.57. The van der Waals surface area contributed by atoms with Gasteiger partial charge in [-0.3, -0.25) is 9.59 Å². The number of aromatic nitrogens is 4. The average molecular weight is 735 g/mol. The van der Waals surface area contributed by atoms with Gasteiger partial charge in [-0.05, 0) is 72.6 Å². The van der Waals surface area contributed by atoms with Crippen LogP contribution in [0, 0.1) is 11.8 Å². The highest BCUT2D eigenvalue weighted by Crippen LogP contribution is 2.54. The number of piperidine rings is 2. The third-order valence-electron chi connectivity index (χ3n) is 11.6. The molecule has 4 fully saturated rings. The molecule has 4 aliphatic rings. The number of aromatic amines is 2. The molecule has 4 amide bonds. The summed E-state index contributed by atoms with van der Waals surface area (Å²) >= 11 is 0. The molecule has 54 heavy (non-hydrogen) atoms. The van der Waals surface area contributed by atoms with Gasteiger partial charge in [-0.15, -0.1) is 0 Å². The molecule has 8 atom stereocenters. The number of hydrogen-bond acceptors (Lipinski definition) is 8. The molecule has 14 nitrogen and oxygen atoms in total. The summed E-state index contributed by atoms with van der Waals surface area (Å²) in [5, 5.41) is 5.36. The number of alkyl carbamates (subject to hydrolysis) is 2. The number of carbonyl (C=O) groups is 4. The normalized spacial score (nSPS) is 24.6. The van der Waals surface area contributed by atoms with Gasteiger partial charge in [0.2, 0.25) is 11.8 Å². The lowest BCUT2D eigenvalue weighted by Crippen LogP contribution is -2.49. The molecule has 4 N–H and O–H groups in total. The molecule has 0 bridgehead atoms. The Balaban J connectivity index is 0.925. The number of likely N-dealkylation sites (tertiary alicyclic amines) is 2. The maximum Gasteiger partial charge on any atom is 0.407 e. The zero-order chi connectivity index (χ0) is 37.7. The number of nitrogens with one attached hydrogen (secondary N) is 4. The van der Waals surface area contributed by atoms with E-state index in [1.54, 1.807) is 0 Å². The molecule has 2 saturated carbocycles. The summed E-state index contributed by atoms with van der Waals surface area (Å²) in [7, 11) is 2.59. The van der Waals surface area contributed by atoms with Crippen molar-refractivity contribution < 1.29 is 28.7 Å². The smallest absolute Gasteiger partial charge is 0.407 e. The van der Waals surface area contributed by atoms with Crippen LogP contribution >= 0.6 is 0 Å².